The Balaban J connectivity index is 1.27. The highest BCUT2D eigenvalue weighted by atomic mass is 19.1. The number of carbonyl (C=O) groups excluding carboxylic acids is 2. The van der Waals surface area contributed by atoms with Gasteiger partial charge in [-0.05, 0) is 37.0 Å². The lowest BCUT2D eigenvalue weighted by Gasteiger charge is -2.38. The molecule has 0 spiro atoms. The minimum absolute atomic E-state index is 0.0104. The van der Waals surface area contributed by atoms with E-state index in [1.807, 2.05) is 9.80 Å². The minimum Gasteiger partial charge on any atom is -0.339 e. The molecule has 2 N–H and O–H groups in total. The number of carbonyl (C=O) groups is 2. The Morgan fingerprint density at radius 2 is 1.46 bits per heavy atom. The van der Waals surface area contributed by atoms with Crippen LogP contribution in [-0.2, 0) is 9.59 Å². The molecule has 6 nitrogen and oxygen atoms in total. The van der Waals surface area contributed by atoms with Crippen molar-refractivity contribution in [3.8, 4) is 0 Å². The number of halogens is 1. The molecule has 0 aromatic heterocycles. The van der Waals surface area contributed by atoms with Gasteiger partial charge in [0, 0.05) is 38.1 Å². The largest absolute Gasteiger partial charge is 0.339 e. The summed E-state index contributed by atoms with van der Waals surface area (Å²) >= 11 is 0. The van der Waals surface area contributed by atoms with E-state index in [0.29, 0.717) is 32.6 Å². The molecule has 4 rings (SSSR count). The number of amides is 2. The predicted octanol–water partition coefficient (Wildman–Crippen LogP) is 1.98. The van der Waals surface area contributed by atoms with Crippen molar-refractivity contribution >= 4 is 11.8 Å². The monoisotopic (exact) mass is 388 g/mol. The van der Waals surface area contributed by atoms with Gasteiger partial charge >= 0.3 is 0 Å². The van der Waals surface area contributed by atoms with Crippen molar-refractivity contribution in [3.63, 3.8) is 0 Å². The standard InChI is InChI=1S/C21H29FN4O2/c22-17-8-6-15(7-9-17)18-14-19(24-23-18)21(28)26-12-10-25(11-13-26)20(27)16-4-2-1-3-5-16/h6-9,16,18-19,23-24H,1-5,10-14H2. The molecule has 2 atom stereocenters. The van der Waals surface area contributed by atoms with E-state index in [2.05, 4.69) is 10.9 Å². The van der Waals surface area contributed by atoms with Crippen LogP contribution < -0.4 is 10.9 Å². The average molecular weight is 388 g/mol. The molecule has 152 valence electrons. The summed E-state index contributed by atoms with van der Waals surface area (Å²) in [6.45, 7) is 2.44. The van der Waals surface area contributed by atoms with E-state index in [0.717, 1.165) is 31.2 Å². The van der Waals surface area contributed by atoms with Crippen LogP contribution in [0.25, 0.3) is 0 Å². The molecule has 0 radical (unpaired) electrons. The van der Waals surface area contributed by atoms with Crippen LogP contribution in [0, 0.1) is 11.7 Å². The molecular weight excluding hydrogens is 359 g/mol. The summed E-state index contributed by atoms with van der Waals surface area (Å²) in [4.78, 5) is 29.4. The average Bonchev–Trinajstić information content (AvgIpc) is 3.24. The van der Waals surface area contributed by atoms with E-state index in [1.54, 1.807) is 12.1 Å². The third-order valence-electron chi connectivity index (χ3n) is 6.33. The molecule has 2 aliphatic heterocycles. The molecular formula is C21H29FN4O2. The molecule has 1 saturated carbocycles. The fourth-order valence-corrected chi connectivity index (χ4v) is 4.61. The Bertz CT molecular complexity index is 697. The van der Waals surface area contributed by atoms with Gasteiger partial charge in [-0.2, -0.15) is 0 Å². The molecule has 2 saturated heterocycles. The van der Waals surface area contributed by atoms with Crippen molar-refractivity contribution in [2.75, 3.05) is 26.2 Å². The number of nitrogens with zero attached hydrogens (tertiary/aromatic N) is 2. The Kier molecular flexibility index (Phi) is 5.92. The van der Waals surface area contributed by atoms with Crippen molar-refractivity contribution in [2.45, 2.75) is 50.6 Å². The molecule has 3 fully saturated rings. The molecule has 2 unspecified atom stereocenters. The fourth-order valence-electron chi connectivity index (χ4n) is 4.61. The molecule has 1 aromatic rings. The third-order valence-corrected chi connectivity index (χ3v) is 6.33. The topological polar surface area (TPSA) is 64.7 Å². The van der Waals surface area contributed by atoms with Crippen LogP contribution in [0.15, 0.2) is 24.3 Å². The first-order valence-electron chi connectivity index (χ1n) is 10.5. The Morgan fingerprint density at radius 3 is 2.11 bits per heavy atom. The summed E-state index contributed by atoms with van der Waals surface area (Å²) in [5, 5.41) is 0. The van der Waals surface area contributed by atoms with E-state index in [4.69, 9.17) is 0 Å². The van der Waals surface area contributed by atoms with E-state index in [-0.39, 0.29) is 35.6 Å². The van der Waals surface area contributed by atoms with Crippen LogP contribution in [0.2, 0.25) is 0 Å². The maximum Gasteiger partial charge on any atom is 0.241 e. The lowest BCUT2D eigenvalue weighted by molar-refractivity contribution is -0.143. The number of hydrazine groups is 1. The van der Waals surface area contributed by atoms with Crippen molar-refractivity contribution in [1.82, 2.24) is 20.7 Å². The molecule has 2 heterocycles. The van der Waals surface area contributed by atoms with Crippen molar-refractivity contribution in [3.05, 3.63) is 35.6 Å². The van der Waals surface area contributed by atoms with E-state index in [1.165, 1.54) is 18.6 Å². The van der Waals surface area contributed by atoms with E-state index < -0.39 is 0 Å². The summed E-state index contributed by atoms with van der Waals surface area (Å²) in [6.07, 6.45) is 6.22. The second kappa shape index (κ2) is 8.57. The zero-order chi connectivity index (χ0) is 19.5. The van der Waals surface area contributed by atoms with Crippen LogP contribution in [0.4, 0.5) is 4.39 Å². The molecule has 2 amide bonds. The highest BCUT2D eigenvalue weighted by molar-refractivity contribution is 5.83. The molecule has 28 heavy (non-hydrogen) atoms. The van der Waals surface area contributed by atoms with Crippen LogP contribution in [0.3, 0.4) is 0 Å². The second-order valence-electron chi connectivity index (χ2n) is 8.17. The number of hydrogen-bond acceptors (Lipinski definition) is 4. The van der Waals surface area contributed by atoms with Crippen LogP contribution in [0.1, 0.15) is 50.1 Å². The first-order chi connectivity index (χ1) is 13.6. The van der Waals surface area contributed by atoms with Gasteiger partial charge in [0.05, 0.1) is 0 Å². The SMILES string of the molecule is O=C(C1CCCCC1)N1CCN(C(=O)C2CC(c3ccc(F)cc3)NN2)CC1. The first kappa shape index (κ1) is 19.3. The zero-order valence-electron chi connectivity index (χ0n) is 16.2. The molecule has 3 aliphatic rings. The van der Waals surface area contributed by atoms with Gasteiger partial charge in [0.1, 0.15) is 11.9 Å². The third kappa shape index (κ3) is 4.20. The number of nitrogens with one attached hydrogen (secondary N) is 2. The number of hydrogen-bond donors (Lipinski definition) is 2. The van der Waals surface area contributed by atoms with Crippen molar-refractivity contribution < 1.29 is 14.0 Å². The van der Waals surface area contributed by atoms with Crippen molar-refractivity contribution in [1.29, 1.82) is 0 Å². The van der Waals surface area contributed by atoms with E-state index >= 15 is 0 Å². The normalized spacial score (nSPS) is 26.5. The Morgan fingerprint density at radius 1 is 0.857 bits per heavy atom. The number of benzene rings is 1. The van der Waals surface area contributed by atoms with Gasteiger partial charge in [0.15, 0.2) is 0 Å². The summed E-state index contributed by atoms with van der Waals surface area (Å²) in [5.41, 5.74) is 7.20. The lowest BCUT2D eigenvalue weighted by Crippen LogP contribution is -2.55. The fraction of sp³-hybridized carbons (Fsp3) is 0.619. The van der Waals surface area contributed by atoms with Gasteiger partial charge in [-0.25, -0.2) is 15.2 Å². The van der Waals surface area contributed by atoms with E-state index in [9.17, 15) is 14.0 Å². The predicted molar refractivity (Wildman–Crippen MR) is 104 cm³/mol. The molecule has 1 aliphatic carbocycles. The van der Waals surface area contributed by atoms with Gasteiger partial charge in [-0.15, -0.1) is 0 Å². The Hall–Kier alpha value is -1.99. The highest BCUT2D eigenvalue weighted by Crippen LogP contribution is 2.26. The smallest absolute Gasteiger partial charge is 0.241 e. The molecule has 7 heteroatoms. The van der Waals surface area contributed by atoms with Crippen LogP contribution in [0.5, 0.6) is 0 Å². The second-order valence-corrected chi connectivity index (χ2v) is 8.17. The van der Waals surface area contributed by atoms with Crippen LogP contribution in [-0.4, -0.2) is 53.8 Å². The number of rotatable bonds is 3. The minimum atomic E-state index is -0.296. The summed E-state index contributed by atoms with van der Waals surface area (Å²) in [7, 11) is 0. The summed E-state index contributed by atoms with van der Waals surface area (Å²) in [5.74, 6) is 0.279. The van der Waals surface area contributed by atoms with Gasteiger partial charge in [-0.3, -0.25) is 9.59 Å². The highest BCUT2D eigenvalue weighted by Gasteiger charge is 2.35. The van der Waals surface area contributed by atoms with Gasteiger partial charge in [0.25, 0.3) is 0 Å². The maximum atomic E-state index is 13.1. The van der Waals surface area contributed by atoms with Gasteiger partial charge in [-0.1, -0.05) is 31.4 Å². The van der Waals surface area contributed by atoms with Gasteiger partial charge in [0.2, 0.25) is 11.8 Å². The van der Waals surface area contributed by atoms with Crippen molar-refractivity contribution in [2.24, 2.45) is 5.92 Å². The number of piperazine rings is 1. The lowest BCUT2D eigenvalue weighted by atomic mass is 9.88. The maximum absolute atomic E-state index is 13.1. The molecule has 0 bridgehead atoms. The summed E-state index contributed by atoms with van der Waals surface area (Å²) in [6, 6.07) is 6.07. The molecule has 1 aromatic carbocycles. The van der Waals surface area contributed by atoms with Gasteiger partial charge < -0.3 is 9.80 Å². The van der Waals surface area contributed by atoms with Crippen LogP contribution >= 0.6 is 0 Å². The Labute approximate surface area is 165 Å². The quantitative estimate of drug-likeness (QED) is 0.831. The zero-order valence-corrected chi connectivity index (χ0v) is 16.2. The first-order valence-corrected chi connectivity index (χ1v) is 10.5. The summed E-state index contributed by atoms with van der Waals surface area (Å²) < 4.78 is 13.1.